The minimum Gasteiger partial charge on any atom is -0.381 e. The third-order valence-corrected chi connectivity index (χ3v) is 5.71. The number of hydrogen-bond donors (Lipinski definition) is 1. The number of nitrogens with zero attached hydrogens (tertiary/aromatic N) is 2. The second kappa shape index (κ2) is 9.65. The summed E-state index contributed by atoms with van der Waals surface area (Å²) in [5, 5.41) is 3.53. The van der Waals surface area contributed by atoms with Gasteiger partial charge in [-0.3, -0.25) is 4.90 Å². The minimum atomic E-state index is 0. The molecule has 1 spiro atoms. The van der Waals surface area contributed by atoms with E-state index in [1.165, 1.54) is 71.4 Å². The number of nitrogens with one attached hydrogen (secondary N) is 1. The molecule has 0 aromatic rings. The van der Waals surface area contributed by atoms with E-state index < -0.39 is 0 Å². The highest BCUT2D eigenvalue weighted by molar-refractivity contribution is 5.85. The van der Waals surface area contributed by atoms with E-state index in [1.807, 2.05) is 0 Å². The molecule has 0 radical (unpaired) electrons. The average molecular weight is 354 g/mol. The summed E-state index contributed by atoms with van der Waals surface area (Å²) in [5.74, 6) is 0.819. The van der Waals surface area contributed by atoms with Crippen molar-refractivity contribution >= 4 is 24.8 Å². The fourth-order valence-corrected chi connectivity index (χ4v) is 4.18. The molecule has 3 heterocycles. The maximum atomic E-state index is 5.51. The molecule has 3 aliphatic heterocycles. The summed E-state index contributed by atoms with van der Waals surface area (Å²) in [6.07, 6.45) is 6.56. The molecule has 3 saturated heterocycles. The van der Waals surface area contributed by atoms with Crippen LogP contribution in [-0.2, 0) is 4.74 Å². The number of ether oxygens (including phenoxy) is 1. The smallest absolute Gasteiger partial charge is 0.0495 e. The van der Waals surface area contributed by atoms with Gasteiger partial charge in [0, 0.05) is 25.3 Å². The van der Waals surface area contributed by atoms with Gasteiger partial charge in [0.15, 0.2) is 0 Å². The van der Waals surface area contributed by atoms with Gasteiger partial charge in [0.05, 0.1) is 0 Å². The van der Waals surface area contributed by atoms with Crippen molar-refractivity contribution < 1.29 is 4.74 Å². The van der Waals surface area contributed by atoms with E-state index in [0.717, 1.165) is 19.1 Å². The molecule has 1 N–H and O–H groups in total. The zero-order chi connectivity index (χ0) is 13.8. The lowest BCUT2D eigenvalue weighted by atomic mass is 9.86. The Morgan fingerprint density at radius 2 is 1.95 bits per heavy atom. The lowest BCUT2D eigenvalue weighted by Crippen LogP contribution is -2.57. The summed E-state index contributed by atoms with van der Waals surface area (Å²) in [5.41, 5.74) is 0.438. The highest BCUT2D eigenvalue weighted by Gasteiger charge is 2.38. The first kappa shape index (κ1) is 20.5. The molecule has 6 heteroatoms. The molecule has 0 amide bonds. The van der Waals surface area contributed by atoms with Crippen LogP contribution in [0.1, 0.15) is 32.1 Å². The van der Waals surface area contributed by atoms with Crippen molar-refractivity contribution in [3.8, 4) is 0 Å². The lowest BCUT2D eigenvalue weighted by Gasteiger charge is -2.45. The number of halogens is 2. The number of rotatable bonds is 3. The molecule has 0 bridgehead atoms. The van der Waals surface area contributed by atoms with E-state index in [-0.39, 0.29) is 24.8 Å². The normalized spacial score (nSPS) is 29.6. The standard InChI is InChI=1S/C16H31N3O.2ClH/c1-18-9-2-10-19(11-3-15-4-12-20-13-15)14-16(18)5-7-17-8-6-16;;/h15,17H,2-14H2,1H3;2*1H. The minimum absolute atomic E-state index is 0. The predicted molar refractivity (Wildman–Crippen MR) is 96.6 cm³/mol. The molecule has 3 aliphatic rings. The molecule has 0 aliphatic carbocycles. The fourth-order valence-electron chi connectivity index (χ4n) is 4.18. The average Bonchev–Trinajstić information content (AvgIpc) is 2.94. The molecule has 22 heavy (non-hydrogen) atoms. The molecule has 0 aromatic carbocycles. The monoisotopic (exact) mass is 353 g/mol. The first-order valence-corrected chi connectivity index (χ1v) is 8.51. The Hall–Kier alpha value is 0.420. The summed E-state index contributed by atoms with van der Waals surface area (Å²) in [6.45, 7) is 9.47. The maximum absolute atomic E-state index is 5.51. The second-order valence-corrected chi connectivity index (χ2v) is 7.04. The Balaban J connectivity index is 0.00000121. The van der Waals surface area contributed by atoms with Gasteiger partial charge in [-0.25, -0.2) is 0 Å². The Kier molecular flexibility index (Phi) is 8.98. The lowest BCUT2D eigenvalue weighted by molar-refractivity contribution is 0.0639. The van der Waals surface area contributed by atoms with Crippen LogP contribution in [0.3, 0.4) is 0 Å². The van der Waals surface area contributed by atoms with Crippen molar-refractivity contribution in [3.63, 3.8) is 0 Å². The molecule has 132 valence electrons. The number of piperidine rings is 1. The fraction of sp³-hybridized carbons (Fsp3) is 1.00. The van der Waals surface area contributed by atoms with E-state index in [4.69, 9.17) is 4.74 Å². The quantitative estimate of drug-likeness (QED) is 0.839. The number of likely N-dealkylation sites (N-methyl/N-ethyl adjacent to an activating group) is 1. The van der Waals surface area contributed by atoms with Crippen molar-refractivity contribution in [1.29, 1.82) is 0 Å². The van der Waals surface area contributed by atoms with Crippen LogP contribution in [0, 0.1) is 5.92 Å². The van der Waals surface area contributed by atoms with E-state index >= 15 is 0 Å². The zero-order valence-electron chi connectivity index (χ0n) is 13.9. The SMILES string of the molecule is CN1CCCN(CCC2CCOC2)CC12CCNCC2.Cl.Cl. The van der Waals surface area contributed by atoms with Gasteiger partial charge in [-0.2, -0.15) is 0 Å². The molecule has 0 saturated carbocycles. The van der Waals surface area contributed by atoms with Crippen LogP contribution in [0.15, 0.2) is 0 Å². The van der Waals surface area contributed by atoms with Crippen molar-refractivity contribution in [1.82, 2.24) is 15.1 Å². The molecule has 3 fully saturated rings. The van der Waals surface area contributed by atoms with Crippen molar-refractivity contribution in [2.75, 3.05) is 59.5 Å². The van der Waals surface area contributed by atoms with Gasteiger partial charge in [-0.1, -0.05) is 0 Å². The van der Waals surface area contributed by atoms with Gasteiger partial charge in [-0.15, -0.1) is 24.8 Å². The third-order valence-electron chi connectivity index (χ3n) is 5.71. The van der Waals surface area contributed by atoms with Crippen molar-refractivity contribution in [2.24, 2.45) is 5.92 Å². The summed E-state index contributed by atoms with van der Waals surface area (Å²) in [4.78, 5) is 5.40. The maximum Gasteiger partial charge on any atom is 0.0495 e. The molecule has 1 atom stereocenters. The molecule has 0 aromatic heterocycles. The van der Waals surface area contributed by atoms with Gasteiger partial charge < -0.3 is 15.0 Å². The Morgan fingerprint density at radius 1 is 1.18 bits per heavy atom. The first-order valence-electron chi connectivity index (χ1n) is 8.51. The van der Waals surface area contributed by atoms with E-state index in [0.29, 0.717) is 5.54 Å². The van der Waals surface area contributed by atoms with E-state index in [1.54, 1.807) is 0 Å². The highest BCUT2D eigenvalue weighted by atomic mass is 35.5. The number of hydrogen-bond acceptors (Lipinski definition) is 4. The van der Waals surface area contributed by atoms with Crippen LogP contribution >= 0.6 is 24.8 Å². The van der Waals surface area contributed by atoms with Gasteiger partial charge in [0.2, 0.25) is 0 Å². The molecular formula is C16H33Cl2N3O. The van der Waals surface area contributed by atoms with Gasteiger partial charge in [0.25, 0.3) is 0 Å². The Bertz CT molecular complexity index is 308. The Labute approximate surface area is 148 Å². The molecule has 3 rings (SSSR count). The summed E-state index contributed by atoms with van der Waals surface area (Å²) < 4.78 is 5.51. The summed E-state index contributed by atoms with van der Waals surface area (Å²) >= 11 is 0. The van der Waals surface area contributed by atoms with Crippen LogP contribution in [-0.4, -0.2) is 74.9 Å². The molecular weight excluding hydrogens is 321 g/mol. The largest absolute Gasteiger partial charge is 0.381 e. The Morgan fingerprint density at radius 3 is 2.64 bits per heavy atom. The van der Waals surface area contributed by atoms with Crippen LogP contribution in [0.25, 0.3) is 0 Å². The van der Waals surface area contributed by atoms with Crippen molar-refractivity contribution in [3.05, 3.63) is 0 Å². The van der Waals surface area contributed by atoms with Gasteiger partial charge in [-0.05, 0) is 77.8 Å². The van der Waals surface area contributed by atoms with Gasteiger partial charge in [0.1, 0.15) is 0 Å². The van der Waals surface area contributed by atoms with E-state index in [2.05, 4.69) is 22.2 Å². The van der Waals surface area contributed by atoms with E-state index in [9.17, 15) is 0 Å². The van der Waals surface area contributed by atoms with Gasteiger partial charge >= 0.3 is 0 Å². The van der Waals surface area contributed by atoms with Crippen LogP contribution in [0.5, 0.6) is 0 Å². The summed E-state index contributed by atoms with van der Waals surface area (Å²) in [7, 11) is 2.35. The molecule has 4 nitrogen and oxygen atoms in total. The predicted octanol–water partition coefficient (Wildman–Crippen LogP) is 2.02. The van der Waals surface area contributed by atoms with Crippen LogP contribution in [0.4, 0.5) is 0 Å². The zero-order valence-corrected chi connectivity index (χ0v) is 15.5. The van der Waals surface area contributed by atoms with Crippen LogP contribution < -0.4 is 5.32 Å². The topological polar surface area (TPSA) is 27.7 Å². The highest BCUT2D eigenvalue weighted by Crippen LogP contribution is 2.29. The summed E-state index contributed by atoms with van der Waals surface area (Å²) in [6, 6.07) is 0. The van der Waals surface area contributed by atoms with Crippen LogP contribution in [0.2, 0.25) is 0 Å². The molecule has 1 unspecified atom stereocenters. The third kappa shape index (κ3) is 4.96. The first-order chi connectivity index (χ1) is 9.78. The van der Waals surface area contributed by atoms with Crippen molar-refractivity contribution in [2.45, 2.75) is 37.6 Å². The second-order valence-electron chi connectivity index (χ2n) is 7.04.